The van der Waals surface area contributed by atoms with E-state index in [0.29, 0.717) is 31.2 Å². The monoisotopic (exact) mass is 327 g/mol. The average molecular weight is 327 g/mol. The highest BCUT2D eigenvalue weighted by molar-refractivity contribution is 5.78. The number of ether oxygens (including phenoxy) is 3. The topological polar surface area (TPSA) is 48.0 Å². The van der Waals surface area contributed by atoms with Crippen LogP contribution < -0.4 is 9.47 Å². The van der Waals surface area contributed by atoms with Crippen LogP contribution in [0.1, 0.15) is 11.7 Å². The number of rotatable bonds is 5. The van der Waals surface area contributed by atoms with Crippen LogP contribution in [0.5, 0.6) is 11.5 Å². The van der Waals surface area contributed by atoms with E-state index in [4.69, 9.17) is 14.2 Å². The Morgan fingerprint density at radius 1 is 1.12 bits per heavy atom. The van der Waals surface area contributed by atoms with E-state index in [1.807, 2.05) is 42.5 Å². The third-order valence-electron chi connectivity index (χ3n) is 4.01. The molecule has 1 amide bonds. The lowest BCUT2D eigenvalue weighted by Gasteiger charge is -2.33. The number of morpholine rings is 1. The second-order valence-corrected chi connectivity index (χ2v) is 5.55. The Balaban J connectivity index is 1.58. The number of hydrogen-bond donors (Lipinski definition) is 0. The van der Waals surface area contributed by atoms with Gasteiger partial charge >= 0.3 is 0 Å². The van der Waals surface area contributed by atoms with Gasteiger partial charge in [-0.15, -0.1) is 0 Å². The minimum atomic E-state index is -0.0878. The van der Waals surface area contributed by atoms with E-state index in [1.165, 1.54) is 0 Å². The molecule has 1 fully saturated rings. The summed E-state index contributed by atoms with van der Waals surface area (Å²) in [4.78, 5) is 14.2. The van der Waals surface area contributed by atoms with E-state index in [1.54, 1.807) is 24.1 Å². The molecule has 1 aliphatic rings. The van der Waals surface area contributed by atoms with Gasteiger partial charge in [-0.1, -0.05) is 42.5 Å². The molecule has 24 heavy (non-hydrogen) atoms. The summed E-state index contributed by atoms with van der Waals surface area (Å²) in [5.41, 5.74) is 1.08. The highest BCUT2D eigenvalue weighted by Crippen LogP contribution is 2.26. The first kappa shape index (κ1) is 16.3. The van der Waals surface area contributed by atoms with Crippen molar-refractivity contribution in [2.24, 2.45) is 0 Å². The summed E-state index contributed by atoms with van der Waals surface area (Å²) in [6.07, 6.45) is -0.0878. The standard InChI is InChI=1S/C19H21NO4/c1-22-16-9-5-6-10-17(16)24-14-19(21)20-11-12-23-18(13-20)15-7-3-2-4-8-15/h2-10,18H,11-14H2,1H3/t18-/m1/s1. The van der Waals surface area contributed by atoms with Crippen molar-refractivity contribution in [1.82, 2.24) is 4.90 Å². The first-order chi connectivity index (χ1) is 11.8. The minimum absolute atomic E-state index is 0.0120. The highest BCUT2D eigenvalue weighted by atomic mass is 16.5. The zero-order valence-corrected chi connectivity index (χ0v) is 13.7. The Labute approximate surface area is 141 Å². The predicted molar refractivity (Wildman–Crippen MR) is 90.2 cm³/mol. The molecule has 0 aliphatic carbocycles. The number of amides is 1. The molecule has 1 aliphatic heterocycles. The molecule has 2 aromatic rings. The average Bonchev–Trinajstić information content (AvgIpc) is 2.67. The molecule has 0 N–H and O–H groups in total. The summed E-state index contributed by atoms with van der Waals surface area (Å²) in [5, 5.41) is 0. The Kier molecular flexibility index (Phi) is 5.33. The number of hydrogen-bond acceptors (Lipinski definition) is 4. The molecular formula is C19H21NO4. The molecule has 1 heterocycles. The Hall–Kier alpha value is -2.53. The summed E-state index contributed by atoms with van der Waals surface area (Å²) in [5.74, 6) is 1.14. The van der Waals surface area contributed by atoms with E-state index in [-0.39, 0.29) is 18.6 Å². The smallest absolute Gasteiger partial charge is 0.260 e. The van der Waals surface area contributed by atoms with Crippen LogP contribution >= 0.6 is 0 Å². The van der Waals surface area contributed by atoms with Crippen molar-refractivity contribution in [3.63, 3.8) is 0 Å². The quantitative estimate of drug-likeness (QED) is 0.847. The molecule has 1 saturated heterocycles. The maximum Gasteiger partial charge on any atom is 0.260 e. The lowest BCUT2D eigenvalue weighted by molar-refractivity contribution is -0.141. The molecule has 0 radical (unpaired) electrons. The van der Waals surface area contributed by atoms with Gasteiger partial charge in [0.25, 0.3) is 5.91 Å². The number of para-hydroxylation sites is 2. The van der Waals surface area contributed by atoms with Crippen molar-refractivity contribution in [2.75, 3.05) is 33.4 Å². The maximum atomic E-state index is 12.5. The molecule has 5 nitrogen and oxygen atoms in total. The fraction of sp³-hybridized carbons (Fsp3) is 0.316. The van der Waals surface area contributed by atoms with E-state index < -0.39 is 0 Å². The van der Waals surface area contributed by atoms with Crippen molar-refractivity contribution in [3.8, 4) is 11.5 Å². The van der Waals surface area contributed by atoms with Crippen molar-refractivity contribution >= 4 is 5.91 Å². The molecule has 0 saturated carbocycles. The van der Waals surface area contributed by atoms with Gasteiger partial charge in [-0.25, -0.2) is 0 Å². The largest absolute Gasteiger partial charge is 0.493 e. The summed E-state index contributed by atoms with van der Waals surface area (Å²) in [7, 11) is 1.58. The molecule has 0 bridgehead atoms. The van der Waals surface area contributed by atoms with Gasteiger partial charge in [-0.05, 0) is 17.7 Å². The molecule has 0 spiro atoms. The molecule has 0 unspecified atom stereocenters. The van der Waals surface area contributed by atoms with Crippen LogP contribution in [0.25, 0.3) is 0 Å². The van der Waals surface area contributed by atoms with Crippen LogP contribution in [0.4, 0.5) is 0 Å². The fourth-order valence-electron chi connectivity index (χ4n) is 2.71. The van der Waals surface area contributed by atoms with Crippen LogP contribution in [-0.4, -0.2) is 44.2 Å². The Morgan fingerprint density at radius 2 is 1.83 bits per heavy atom. The molecular weight excluding hydrogens is 306 g/mol. The molecule has 126 valence electrons. The van der Waals surface area contributed by atoms with E-state index >= 15 is 0 Å². The van der Waals surface area contributed by atoms with Gasteiger partial charge < -0.3 is 19.1 Å². The summed E-state index contributed by atoms with van der Waals surface area (Å²) in [6, 6.07) is 17.3. The van der Waals surface area contributed by atoms with Crippen molar-refractivity contribution in [1.29, 1.82) is 0 Å². The van der Waals surface area contributed by atoms with Gasteiger partial charge in [0.1, 0.15) is 6.10 Å². The molecule has 1 atom stereocenters. The van der Waals surface area contributed by atoms with Gasteiger partial charge in [-0.2, -0.15) is 0 Å². The van der Waals surface area contributed by atoms with Crippen LogP contribution in [0.2, 0.25) is 0 Å². The second-order valence-electron chi connectivity index (χ2n) is 5.55. The Morgan fingerprint density at radius 3 is 2.58 bits per heavy atom. The number of methoxy groups -OCH3 is 1. The van der Waals surface area contributed by atoms with Gasteiger partial charge in [-0.3, -0.25) is 4.79 Å². The van der Waals surface area contributed by atoms with Crippen LogP contribution in [0.3, 0.4) is 0 Å². The molecule has 2 aromatic carbocycles. The molecule has 5 heteroatoms. The van der Waals surface area contributed by atoms with Gasteiger partial charge in [0, 0.05) is 6.54 Å². The summed E-state index contributed by atoms with van der Waals surface area (Å²) in [6.45, 7) is 1.64. The maximum absolute atomic E-state index is 12.5. The number of carbonyl (C=O) groups excluding carboxylic acids is 1. The van der Waals surface area contributed by atoms with E-state index in [9.17, 15) is 4.79 Å². The summed E-state index contributed by atoms with van der Waals surface area (Å²) >= 11 is 0. The van der Waals surface area contributed by atoms with Crippen LogP contribution in [0, 0.1) is 0 Å². The fourth-order valence-corrected chi connectivity index (χ4v) is 2.71. The van der Waals surface area contributed by atoms with Crippen LogP contribution in [-0.2, 0) is 9.53 Å². The second kappa shape index (κ2) is 7.84. The van der Waals surface area contributed by atoms with Crippen molar-refractivity contribution in [2.45, 2.75) is 6.10 Å². The molecule has 3 rings (SSSR count). The zero-order valence-electron chi connectivity index (χ0n) is 13.7. The highest BCUT2D eigenvalue weighted by Gasteiger charge is 2.25. The number of carbonyl (C=O) groups is 1. The van der Waals surface area contributed by atoms with Gasteiger partial charge in [0.2, 0.25) is 0 Å². The van der Waals surface area contributed by atoms with Gasteiger partial charge in [0.05, 0.1) is 20.3 Å². The molecule has 0 aromatic heterocycles. The lowest BCUT2D eigenvalue weighted by Crippen LogP contribution is -2.44. The van der Waals surface area contributed by atoms with Crippen molar-refractivity contribution < 1.29 is 19.0 Å². The Bertz CT molecular complexity index is 674. The summed E-state index contributed by atoms with van der Waals surface area (Å²) < 4.78 is 16.6. The van der Waals surface area contributed by atoms with Crippen LogP contribution in [0.15, 0.2) is 54.6 Å². The predicted octanol–water partition coefficient (Wildman–Crippen LogP) is 2.67. The zero-order chi connectivity index (χ0) is 16.8. The minimum Gasteiger partial charge on any atom is -0.493 e. The SMILES string of the molecule is COc1ccccc1OCC(=O)N1CCO[C@@H](c2ccccc2)C1. The third-order valence-corrected chi connectivity index (χ3v) is 4.01. The first-order valence-electron chi connectivity index (χ1n) is 7.98. The lowest BCUT2D eigenvalue weighted by atomic mass is 10.1. The van der Waals surface area contributed by atoms with E-state index in [0.717, 1.165) is 5.56 Å². The third kappa shape index (κ3) is 3.86. The van der Waals surface area contributed by atoms with E-state index in [2.05, 4.69) is 0 Å². The normalized spacial score (nSPS) is 17.4. The first-order valence-corrected chi connectivity index (χ1v) is 7.98. The number of benzene rings is 2. The van der Waals surface area contributed by atoms with Gasteiger partial charge in [0.15, 0.2) is 18.1 Å². The van der Waals surface area contributed by atoms with Crippen molar-refractivity contribution in [3.05, 3.63) is 60.2 Å². The number of nitrogens with zero attached hydrogens (tertiary/aromatic N) is 1.